The standard InChI is InChI=1S/C15H18N8O/c1-11-17-5-7-22(11)14-3-4-15(24)23(21-14)8-6-18-13-9-12(16-2)19-10-20-13/h3-5,7,9-10H,6,8H2,1-2H3,(H2,16,18,19,20). The monoisotopic (exact) mass is 326 g/mol. The van der Waals surface area contributed by atoms with Crippen LogP contribution in [0.3, 0.4) is 0 Å². The first-order chi connectivity index (χ1) is 11.7. The molecule has 0 aromatic carbocycles. The van der Waals surface area contributed by atoms with Crippen molar-refractivity contribution < 1.29 is 0 Å². The van der Waals surface area contributed by atoms with Crippen LogP contribution in [0.1, 0.15) is 5.82 Å². The highest BCUT2D eigenvalue weighted by Crippen LogP contribution is 2.07. The Bertz CT molecular complexity index is 885. The molecule has 0 aliphatic rings. The van der Waals surface area contributed by atoms with Gasteiger partial charge in [0, 0.05) is 38.1 Å². The van der Waals surface area contributed by atoms with E-state index >= 15 is 0 Å². The Morgan fingerprint density at radius 1 is 1.17 bits per heavy atom. The number of hydrogen-bond acceptors (Lipinski definition) is 7. The molecule has 0 aliphatic heterocycles. The van der Waals surface area contributed by atoms with Gasteiger partial charge in [-0.2, -0.15) is 5.10 Å². The van der Waals surface area contributed by atoms with Crippen molar-refractivity contribution in [1.82, 2.24) is 29.3 Å². The van der Waals surface area contributed by atoms with E-state index in [1.54, 1.807) is 25.4 Å². The molecule has 3 rings (SSSR count). The predicted molar refractivity (Wildman–Crippen MR) is 90.4 cm³/mol. The van der Waals surface area contributed by atoms with Gasteiger partial charge >= 0.3 is 0 Å². The molecule has 0 unspecified atom stereocenters. The van der Waals surface area contributed by atoms with Crippen LogP contribution in [0.2, 0.25) is 0 Å². The van der Waals surface area contributed by atoms with Crippen molar-refractivity contribution in [2.75, 3.05) is 24.2 Å². The number of nitrogens with one attached hydrogen (secondary N) is 2. The molecule has 3 aromatic rings. The topological polar surface area (TPSA) is 103 Å². The van der Waals surface area contributed by atoms with Crippen LogP contribution in [-0.4, -0.2) is 42.9 Å². The van der Waals surface area contributed by atoms with E-state index in [1.165, 1.54) is 17.1 Å². The summed E-state index contributed by atoms with van der Waals surface area (Å²) in [5.74, 6) is 2.87. The molecule has 0 atom stereocenters. The fourth-order valence-corrected chi connectivity index (χ4v) is 2.23. The van der Waals surface area contributed by atoms with Crippen LogP contribution in [0, 0.1) is 6.92 Å². The van der Waals surface area contributed by atoms with Crippen LogP contribution in [0.4, 0.5) is 11.6 Å². The van der Waals surface area contributed by atoms with Crippen molar-refractivity contribution in [3.8, 4) is 5.82 Å². The van der Waals surface area contributed by atoms with Gasteiger partial charge in [0.1, 0.15) is 23.8 Å². The van der Waals surface area contributed by atoms with Crippen molar-refractivity contribution in [2.45, 2.75) is 13.5 Å². The van der Waals surface area contributed by atoms with Gasteiger partial charge in [-0.25, -0.2) is 19.6 Å². The van der Waals surface area contributed by atoms with E-state index < -0.39 is 0 Å². The van der Waals surface area contributed by atoms with E-state index in [0.29, 0.717) is 24.7 Å². The van der Waals surface area contributed by atoms with Gasteiger partial charge in [0.25, 0.3) is 5.56 Å². The molecule has 2 N–H and O–H groups in total. The summed E-state index contributed by atoms with van der Waals surface area (Å²) in [7, 11) is 1.79. The first-order valence-electron chi connectivity index (χ1n) is 7.49. The van der Waals surface area contributed by atoms with Crippen LogP contribution >= 0.6 is 0 Å². The van der Waals surface area contributed by atoms with Gasteiger partial charge < -0.3 is 10.6 Å². The SMILES string of the molecule is CNc1cc(NCCn2nc(-n3ccnc3C)ccc2=O)ncn1. The van der Waals surface area contributed by atoms with Crippen molar-refractivity contribution in [1.29, 1.82) is 0 Å². The van der Waals surface area contributed by atoms with Crippen molar-refractivity contribution in [3.05, 3.63) is 53.1 Å². The zero-order valence-corrected chi connectivity index (χ0v) is 13.5. The average Bonchev–Trinajstić information content (AvgIpc) is 3.03. The van der Waals surface area contributed by atoms with Crippen LogP contribution in [0.15, 0.2) is 41.7 Å². The van der Waals surface area contributed by atoms with Gasteiger partial charge in [0.15, 0.2) is 5.82 Å². The van der Waals surface area contributed by atoms with E-state index in [2.05, 4.69) is 30.7 Å². The molecule has 3 aromatic heterocycles. The number of aromatic nitrogens is 6. The Kier molecular flexibility index (Phi) is 4.50. The van der Waals surface area contributed by atoms with Gasteiger partial charge in [0.05, 0.1) is 6.54 Å². The first-order valence-corrected chi connectivity index (χ1v) is 7.49. The van der Waals surface area contributed by atoms with Crippen molar-refractivity contribution in [3.63, 3.8) is 0 Å². The van der Waals surface area contributed by atoms with Crippen molar-refractivity contribution >= 4 is 11.6 Å². The number of hydrogen-bond donors (Lipinski definition) is 2. The fraction of sp³-hybridized carbons (Fsp3) is 0.267. The van der Waals surface area contributed by atoms with E-state index in [-0.39, 0.29) is 5.56 Å². The van der Waals surface area contributed by atoms with E-state index in [4.69, 9.17) is 0 Å². The number of rotatable bonds is 6. The summed E-state index contributed by atoms with van der Waals surface area (Å²) in [5.41, 5.74) is -0.156. The smallest absolute Gasteiger partial charge is 0.266 e. The molecular weight excluding hydrogens is 308 g/mol. The summed E-state index contributed by atoms with van der Waals surface area (Å²) in [6.45, 7) is 2.81. The van der Waals surface area contributed by atoms with Crippen molar-refractivity contribution in [2.24, 2.45) is 0 Å². The van der Waals surface area contributed by atoms with Gasteiger partial charge in [-0.05, 0) is 13.0 Å². The number of nitrogens with zero attached hydrogens (tertiary/aromatic N) is 6. The first kappa shape index (κ1) is 15.7. The summed E-state index contributed by atoms with van der Waals surface area (Å²) >= 11 is 0. The lowest BCUT2D eigenvalue weighted by atomic mass is 10.4. The Balaban J connectivity index is 1.71. The zero-order chi connectivity index (χ0) is 16.9. The summed E-state index contributed by atoms with van der Waals surface area (Å²) in [4.78, 5) is 24.3. The van der Waals surface area contributed by atoms with Gasteiger partial charge in [-0.3, -0.25) is 9.36 Å². The number of anilines is 2. The molecule has 0 saturated heterocycles. The van der Waals surface area contributed by atoms with Gasteiger partial charge in [-0.15, -0.1) is 0 Å². The summed E-state index contributed by atoms with van der Waals surface area (Å²) in [6, 6.07) is 4.98. The minimum atomic E-state index is -0.156. The maximum atomic E-state index is 12.0. The molecule has 0 aliphatic carbocycles. The summed E-state index contributed by atoms with van der Waals surface area (Å²) in [6.07, 6.45) is 4.98. The molecule has 9 nitrogen and oxygen atoms in total. The zero-order valence-electron chi connectivity index (χ0n) is 13.5. The largest absolute Gasteiger partial charge is 0.373 e. The minimum absolute atomic E-state index is 0.156. The molecule has 0 fully saturated rings. The van der Waals surface area contributed by atoms with E-state index in [9.17, 15) is 4.79 Å². The normalized spacial score (nSPS) is 10.6. The third-order valence-electron chi connectivity index (χ3n) is 3.48. The summed E-state index contributed by atoms with van der Waals surface area (Å²) < 4.78 is 3.24. The Hall–Kier alpha value is -3.23. The van der Waals surface area contributed by atoms with Crippen LogP contribution in [0.5, 0.6) is 0 Å². The van der Waals surface area contributed by atoms with E-state index in [1.807, 2.05) is 17.7 Å². The lowest BCUT2D eigenvalue weighted by Gasteiger charge is -2.10. The second kappa shape index (κ2) is 6.90. The predicted octanol–water partition coefficient (Wildman–Crippen LogP) is 0.681. The highest BCUT2D eigenvalue weighted by molar-refractivity contribution is 5.45. The molecule has 124 valence electrons. The second-order valence-corrected chi connectivity index (χ2v) is 5.06. The third-order valence-corrected chi connectivity index (χ3v) is 3.48. The molecule has 0 bridgehead atoms. The van der Waals surface area contributed by atoms with Crippen LogP contribution in [0.25, 0.3) is 5.82 Å². The molecule has 0 saturated carbocycles. The number of aryl methyl sites for hydroxylation is 1. The molecule has 0 spiro atoms. The fourth-order valence-electron chi connectivity index (χ4n) is 2.23. The Labute approximate surface area is 138 Å². The summed E-state index contributed by atoms with van der Waals surface area (Å²) in [5, 5.41) is 10.5. The minimum Gasteiger partial charge on any atom is -0.373 e. The lowest BCUT2D eigenvalue weighted by molar-refractivity contribution is 0.588. The van der Waals surface area contributed by atoms with Gasteiger partial charge in [0.2, 0.25) is 0 Å². The maximum Gasteiger partial charge on any atom is 0.266 e. The molecule has 9 heteroatoms. The van der Waals surface area contributed by atoms with E-state index in [0.717, 1.165) is 11.6 Å². The second-order valence-electron chi connectivity index (χ2n) is 5.06. The van der Waals surface area contributed by atoms with Crippen LogP contribution in [-0.2, 0) is 6.54 Å². The maximum absolute atomic E-state index is 12.0. The molecule has 0 amide bonds. The average molecular weight is 326 g/mol. The highest BCUT2D eigenvalue weighted by Gasteiger charge is 2.05. The Morgan fingerprint density at radius 2 is 2.00 bits per heavy atom. The molecule has 24 heavy (non-hydrogen) atoms. The lowest BCUT2D eigenvalue weighted by Crippen LogP contribution is -2.26. The van der Waals surface area contributed by atoms with Crippen LogP contribution < -0.4 is 16.2 Å². The van der Waals surface area contributed by atoms with Gasteiger partial charge in [-0.1, -0.05) is 0 Å². The molecule has 3 heterocycles. The third kappa shape index (κ3) is 3.40. The quantitative estimate of drug-likeness (QED) is 0.686. The molecule has 0 radical (unpaired) electrons. The molecular formula is C15H18N8O. The Morgan fingerprint density at radius 3 is 2.75 bits per heavy atom. The number of imidazole rings is 1. The highest BCUT2D eigenvalue weighted by atomic mass is 16.1.